The summed E-state index contributed by atoms with van der Waals surface area (Å²) < 4.78 is 10.8. The van der Waals surface area contributed by atoms with E-state index in [-0.39, 0.29) is 0 Å². The number of aromatic nitrogens is 3. The van der Waals surface area contributed by atoms with Gasteiger partial charge in [0.25, 0.3) is 0 Å². The lowest BCUT2D eigenvalue weighted by molar-refractivity contribution is 0.0208. The van der Waals surface area contributed by atoms with Crippen LogP contribution in [0, 0.1) is 4.77 Å². The molecule has 0 unspecified atom stereocenters. The minimum absolute atomic E-state index is 0.523. The zero-order valence-electron chi connectivity index (χ0n) is 14.6. The summed E-state index contributed by atoms with van der Waals surface area (Å²) in [7, 11) is 0. The van der Waals surface area contributed by atoms with Crippen molar-refractivity contribution in [3.63, 3.8) is 0 Å². The fourth-order valence-electron chi connectivity index (χ4n) is 3.88. The maximum absolute atomic E-state index is 5.87. The third kappa shape index (κ3) is 4.05. The quantitative estimate of drug-likeness (QED) is 0.740. The molecule has 136 valence electrons. The number of nitrogens with zero attached hydrogens (tertiary/aromatic N) is 4. The van der Waals surface area contributed by atoms with E-state index in [0.717, 1.165) is 50.0 Å². The lowest BCUT2D eigenvalue weighted by Crippen LogP contribution is -2.37. The maximum atomic E-state index is 5.87. The third-order valence-corrected chi connectivity index (χ3v) is 6.51. The number of hydrogen-bond acceptors (Lipinski definition) is 5. The average Bonchev–Trinajstić information content (AvgIpc) is 3.26. The number of hydrogen-bond donors (Lipinski definition) is 0. The van der Waals surface area contributed by atoms with E-state index in [1.807, 2.05) is 4.68 Å². The van der Waals surface area contributed by atoms with Crippen LogP contribution in [0.4, 0.5) is 0 Å². The van der Waals surface area contributed by atoms with Gasteiger partial charge in [-0.05, 0) is 36.5 Å². The van der Waals surface area contributed by atoms with Gasteiger partial charge in [-0.3, -0.25) is 4.90 Å². The molecule has 0 amide bonds. The molecule has 0 atom stereocenters. The summed E-state index contributed by atoms with van der Waals surface area (Å²) in [5.41, 5.74) is 0. The summed E-state index contributed by atoms with van der Waals surface area (Å²) in [6, 6.07) is 4.83. The second kappa shape index (κ2) is 8.12. The van der Waals surface area contributed by atoms with Gasteiger partial charge in [-0.15, -0.1) is 11.3 Å². The summed E-state index contributed by atoms with van der Waals surface area (Å²) in [4.78, 5) is 3.74. The van der Waals surface area contributed by atoms with Crippen LogP contribution in [-0.2, 0) is 17.8 Å². The van der Waals surface area contributed by atoms with Crippen LogP contribution in [0.5, 0.6) is 0 Å². The predicted octanol–water partition coefficient (Wildman–Crippen LogP) is 3.86. The Labute approximate surface area is 158 Å². The molecule has 0 N–H and O–H groups in total. The van der Waals surface area contributed by atoms with Crippen molar-refractivity contribution >= 4 is 23.6 Å². The van der Waals surface area contributed by atoms with Crippen molar-refractivity contribution in [2.45, 2.75) is 51.2 Å². The van der Waals surface area contributed by atoms with E-state index >= 15 is 0 Å². The topological polar surface area (TPSA) is 35.2 Å². The second-order valence-electron chi connectivity index (χ2n) is 6.99. The Morgan fingerprint density at radius 3 is 2.72 bits per heavy atom. The monoisotopic (exact) mass is 378 g/mol. The molecular formula is C18H26N4OS2. The van der Waals surface area contributed by atoms with Crippen LogP contribution >= 0.6 is 23.6 Å². The normalized spacial score (nSPS) is 20.2. The van der Waals surface area contributed by atoms with E-state index < -0.39 is 0 Å². The fourth-order valence-corrected chi connectivity index (χ4v) is 4.94. The lowest BCUT2D eigenvalue weighted by Gasteiger charge is -2.26. The number of ether oxygens (including phenoxy) is 1. The standard InChI is InChI=1S/C18H26N4OS2/c24-18-21(14-20-8-10-23-11-9-20)19-17(13-16-7-4-12-25-16)22(18)15-5-2-1-3-6-15/h4,7,12,15H,1-3,5-6,8-11,13-14H2. The van der Waals surface area contributed by atoms with Crippen LogP contribution in [0.3, 0.4) is 0 Å². The van der Waals surface area contributed by atoms with E-state index in [0.29, 0.717) is 6.04 Å². The molecule has 1 aliphatic heterocycles. The predicted molar refractivity (Wildman–Crippen MR) is 103 cm³/mol. The molecule has 2 fully saturated rings. The molecule has 0 bridgehead atoms. The molecule has 1 saturated carbocycles. The van der Waals surface area contributed by atoms with Crippen LogP contribution in [0.2, 0.25) is 0 Å². The highest BCUT2D eigenvalue weighted by Gasteiger charge is 2.23. The molecule has 7 heteroatoms. The van der Waals surface area contributed by atoms with Gasteiger partial charge in [0.1, 0.15) is 5.82 Å². The Kier molecular flexibility index (Phi) is 5.65. The van der Waals surface area contributed by atoms with Crippen LogP contribution in [0.1, 0.15) is 48.8 Å². The van der Waals surface area contributed by atoms with E-state index in [4.69, 9.17) is 22.1 Å². The summed E-state index contributed by atoms with van der Waals surface area (Å²) >= 11 is 7.67. The highest BCUT2D eigenvalue weighted by Crippen LogP contribution is 2.30. The van der Waals surface area contributed by atoms with Gasteiger partial charge in [-0.2, -0.15) is 5.10 Å². The van der Waals surface area contributed by atoms with E-state index in [1.165, 1.54) is 37.0 Å². The summed E-state index contributed by atoms with van der Waals surface area (Å²) in [5, 5.41) is 7.09. The molecular weight excluding hydrogens is 352 g/mol. The molecule has 3 heterocycles. The molecule has 5 nitrogen and oxygen atoms in total. The first-order chi connectivity index (χ1) is 12.3. The molecule has 2 aliphatic rings. The zero-order valence-corrected chi connectivity index (χ0v) is 16.2. The lowest BCUT2D eigenvalue weighted by atomic mass is 9.95. The van der Waals surface area contributed by atoms with Crippen molar-refractivity contribution in [2.75, 3.05) is 26.3 Å². The van der Waals surface area contributed by atoms with Crippen LogP contribution in [0.25, 0.3) is 0 Å². The van der Waals surface area contributed by atoms with Gasteiger partial charge < -0.3 is 9.30 Å². The Bertz CT molecular complexity index is 725. The Balaban J connectivity index is 1.62. The number of thiophene rings is 1. The molecule has 1 saturated heterocycles. The zero-order chi connectivity index (χ0) is 17.1. The highest BCUT2D eigenvalue weighted by atomic mass is 32.1. The molecule has 1 aliphatic carbocycles. The van der Waals surface area contributed by atoms with Gasteiger partial charge in [-0.1, -0.05) is 25.3 Å². The van der Waals surface area contributed by atoms with Gasteiger partial charge in [-0.25, -0.2) is 4.68 Å². The third-order valence-electron chi connectivity index (χ3n) is 5.23. The van der Waals surface area contributed by atoms with Gasteiger partial charge in [0.05, 0.1) is 19.9 Å². The Morgan fingerprint density at radius 2 is 2.00 bits per heavy atom. The second-order valence-corrected chi connectivity index (χ2v) is 8.39. The largest absolute Gasteiger partial charge is 0.379 e. The molecule has 0 radical (unpaired) electrons. The van der Waals surface area contributed by atoms with Crippen molar-refractivity contribution < 1.29 is 4.74 Å². The summed E-state index contributed by atoms with van der Waals surface area (Å²) in [6.07, 6.45) is 7.31. The van der Waals surface area contributed by atoms with E-state index in [2.05, 4.69) is 27.0 Å². The van der Waals surface area contributed by atoms with Gasteiger partial charge in [0, 0.05) is 30.4 Å². The van der Waals surface area contributed by atoms with E-state index in [9.17, 15) is 0 Å². The first-order valence-corrected chi connectivity index (χ1v) is 10.6. The maximum Gasteiger partial charge on any atom is 0.199 e. The molecule has 0 spiro atoms. The Morgan fingerprint density at radius 1 is 1.20 bits per heavy atom. The highest BCUT2D eigenvalue weighted by molar-refractivity contribution is 7.71. The summed E-state index contributed by atoms with van der Waals surface area (Å²) in [6.45, 7) is 4.30. The number of morpholine rings is 1. The number of rotatable bonds is 5. The molecule has 4 rings (SSSR count). The summed E-state index contributed by atoms with van der Waals surface area (Å²) in [5.74, 6) is 1.13. The Hall–Kier alpha value is -1.02. The first-order valence-electron chi connectivity index (χ1n) is 9.32. The molecule has 2 aromatic heterocycles. The molecule has 25 heavy (non-hydrogen) atoms. The fraction of sp³-hybridized carbons (Fsp3) is 0.667. The van der Waals surface area contributed by atoms with Gasteiger partial charge >= 0.3 is 0 Å². The average molecular weight is 379 g/mol. The van der Waals surface area contributed by atoms with Gasteiger partial charge in [0.15, 0.2) is 4.77 Å². The smallest absolute Gasteiger partial charge is 0.199 e. The van der Waals surface area contributed by atoms with Crippen molar-refractivity contribution in [2.24, 2.45) is 0 Å². The molecule has 2 aromatic rings. The SMILES string of the molecule is S=c1n(CN2CCOCC2)nc(Cc2cccs2)n1C1CCCCC1. The van der Waals surface area contributed by atoms with Gasteiger partial charge in [0.2, 0.25) is 0 Å². The van der Waals surface area contributed by atoms with Crippen molar-refractivity contribution in [1.29, 1.82) is 0 Å². The van der Waals surface area contributed by atoms with Crippen molar-refractivity contribution in [3.8, 4) is 0 Å². The van der Waals surface area contributed by atoms with Crippen molar-refractivity contribution in [3.05, 3.63) is 33.0 Å². The van der Waals surface area contributed by atoms with Crippen LogP contribution in [0.15, 0.2) is 17.5 Å². The minimum atomic E-state index is 0.523. The first kappa shape index (κ1) is 17.4. The van der Waals surface area contributed by atoms with Crippen LogP contribution < -0.4 is 0 Å². The van der Waals surface area contributed by atoms with E-state index in [1.54, 1.807) is 11.3 Å². The van der Waals surface area contributed by atoms with Crippen LogP contribution in [-0.4, -0.2) is 45.6 Å². The minimum Gasteiger partial charge on any atom is -0.379 e. The van der Waals surface area contributed by atoms with Crippen molar-refractivity contribution in [1.82, 2.24) is 19.2 Å². The molecule has 0 aromatic carbocycles.